The molecule has 1 amide bonds. The smallest absolute Gasteiger partial charge is 0.341 e. The van der Waals surface area contributed by atoms with E-state index in [1.54, 1.807) is 17.8 Å². The number of hydrogen-bond acceptors (Lipinski definition) is 6. The van der Waals surface area contributed by atoms with E-state index < -0.39 is 5.97 Å². The lowest BCUT2D eigenvalue weighted by molar-refractivity contribution is 0.0527. The average Bonchev–Trinajstić information content (AvgIpc) is 3.00. The van der Waals surface area contributed by atoms with E-state index in [1.807, 2.05) is 13.8 Å². The van der Waals surface area contributed by atoms with Crippen molar-refractivity contribution < 1.29 is 14.3 Å². The fraction of sp³-hybridized carbons (Fsp3) is 0.308. The number of aryl methyl sites for hydroxylation is 1. The van der Waals surface area contributed by atoms with Crippen LogP contribution >= 0.6 is 22.7 Å². The summed E-state index contributed by atoms with van der Waals surface area (Å²) in [5, 5.41) is 4.91. The molecule has 0 radical (unpaired) electrons. The first-order valence-electron chi connectivity index (χ1n) is 6.01. The highest BCUT2D eigenvalue weighted by molar-refractivity contribution is 7.16. The minimum Gasteiger partial charge on any atom is -0.462 e. The van der Waals surface area contributed by atoms with Gasteiger partial charge in [-0.1, -0.05) is 0 Å². The van der Waals surface area contributed by atoms with Crippen LogP contribution in [0, 0.1) is 13.8 Å². The van der Waals surface area contributed by atoms with Gasteiger partial charge in [0.1, 0.15) is 10.7 Å². The minimum absolute atomic E-state index is 0.298. The van der Waals surface area contributed by atoms with Gasteiger partial charge in [-0.3, -0.25) is 4.79 Å². The van der Waals surface area contributed by atoms with Crippen LogP contribution in [0.3, 0.4) is 0 Å². The third-order valence-corrected chi connectivity index (χ3v) is 4.47. The number of thiazole rings is 1. The zero-order valence-electron chi connectivity index (χ0n) is 11.4. The molecule has 0 unspecified atom stereocenters. The monoisotopic (exact) mass is 310 g/mol. The topological polar surface area (TPSA) is 68.3 Å². The number of esters is 1. The van der Waals surface area contributed by atoms with Crippen LogP contribution in [0.1, 0.15) is 38.2 Å². The predicted molar refractivity (Wildman–Crippen MR) is 79.8 cm³/mol. The number of nitrogens with zero attached hydrogens (tertiary/aromatic N) is 1. The Bertz CT molecular complexity index is 632. The number of aromatic nitrogens is 1. The second kappa shape index (κ2) is 6.15. The van der Waals surface area contributed by atoms with E-state index in [2.05, 4.69) is 10.3 Å². The van der Waals surface area contributed by atoms with Crippen LogP contribution in [-0.4, -0.2) is 23.5 Å². The summed E-state index contributed by atoms with van der Waals surface area (Å²) in [4.78, 5) is 28.9. The van der Waals surface area contributed by atoms with Gasteiger partial charge in [-0.05, 0) is 26.3 Å². The van der Waals surface area contributed by atoms with E-state index >= 15 is 0 Å². The van der Waals surface area contributed by atoms with Crippen LogP contribution in [-0.2, 0) is 4.74 Å². The van der Waals surface area contributed by atoms with E-state index in [0.29, 0.717) is 22.9 Å². The van der Waals surface area contributed by atoms with E-state index in [4.69, 9.17) is 4.74 Å². The molecule has 2 heterocycles. The Hall–Kier alpha value is -1.73. The molecule has 2 aromatic heterocycles. The van der Waals surface area contributed by atoms with Crippen molar-refractivity contribution in [1.29, 1.82) is 0 Å². The molecule has 0 aliphatic carbocycles. The number of carbonyl (C=O) groups excluding carboxylic acids is 2. The fourth-order valence-corrected chi connectivity index (χ4v) is 3.23. The SMILES string of the molecule is CCOC(=O)c1c(NC(=O)c2cscn2)sc(C)c1C. The van der Waals surface area contributed by atoms with Gasteiger partial charge in [0.05, 0.1) is 17.7 Å². The number of nitrogens with one attached hydrogen (secondary N) is 1. The Morgan fingerprint density at radius 2 is 2.15 bits per heavy atom. The van der Waals surface area contributed by atoms with Gasteiger partial charge < -0.3 is 10.1 Å². The van der Waals surface area contributed by atoms with Gasteiger partial charge in [0, 0.05) is 10.3 Å². The highest BCUT2D eigenvalue weighted by Gasteiger charge is 2.22. The molecule has 20 heavy (non-hydrogen) atoms. The van der Waals surface area contributed by atoms with Gasteiger partial charge in [0.25, 0.3) is 5.91 Å². The summed E-state index contributed by atoms with van der Waals surface area (Å²) in [6.07, 6.45) is 0. The van der Waals surface area contributed by atoms with Crippen LogP contribution in [0.5, 0.6) is 0 Å². The molecular weight excluding hydrogens is 296 g/mol. The maximum absolute atomic E-state index is 12.0. The lowest BCUT2D eigenvalue weighted by Gasteiger charge is -2.06. The van der Waals surface area contributed by atoms with Gasteiger partial charge in [-0.25, -0.2) is 9.78 Å². The molecule has 2 rings (SSSR count). The van der Waals surface area contributed by atoms with Crippen molar-refractivity contribution in [3.63, 3.8) is 0 Å². The van der Waals surface area contributed by atoms with Crippen molar-refractivity contribution in [2.45, 2.75) is 20.8 Å². The highest BCUT2D eigenvalue weighted by Crippen LogP contribution is 2.33. The quantitative estimate of drug-likeness (QED) is 0.880. The zero-order valence-corrected chi connectivity index (χ0v) is 13.0. The standard InChI is InChI=1S/C13H14N2O3S2/c1-4-18-13(17)10-7(2)8(3)20-12(10)15-11(16)9-5-19-6-14-9/h5-6H,4H2,1-3H3,(H,15,16). The second-order valence-corrected chi connectivity index (χ2v) is 5.98. The molecule has 0 bridgehead atoms. The number of hydrogen-bond donors (Lipinski definition) is 1. The first-order chi connectivity index (χ1) is 9.54. The molecule has 0 saturated heterocycles. The molecule has 0 fully saturated rings. The van der Waals surface area contributed by atoms with Crippen molar-refractivity contribution in [1.82, 2.24) is 4.98 Å². The molecular formula is C13H14N2O3S2. The van der Waals surface area contributed by atoms with Crippen LogP contribution in [0.4, 0.5) is 5.00 Å². The van der Waals surface area contributed by atoms with Gasteiger partial charge in [0.2, 0.25) is 0 Å². The highest BCUT2D eigenvalue weighted by atomic mass is 32.1. The summed E-state index contributed by atoms with van der Waals surface area (Å²) in [5.41, 5.74) is 3.19. The number of thiophene rings is 1. The average molecular weight is 310 g/mol. The predicted octanol–water partition coefficient (Wildman–Crippen LogP) is 3.25. The van der Waals surface area contributed by atoms with E-state index in [1.165, 1.54) is 22.7 Å². The normalized spacial score (nSPS) is 10.3. The van der Waals surface area contributed by atoms with Crippen molar-refractivity contribution in [2.75, 3.05) is 11.9 Å². The van der Waals surface area contributed by atoms with Crippen molar-refractivity contribution >= 4 is 39.6 Å². The Morgan fingerprint density at radius 1 is 1.40 bits per heavy atom. The summed E-state index contributed by atoms with van der Waals surface area (Å²) >= 11 is 2.71. The number of rotatable bonds is 4. The Balaban J connectivity index is 2.30. The molecule has 5 nitrogen and oxygen atoms in total. The molecule has 106 valence electrons. The second-order valence-electron chi connectivity index (χ2n) is 4.04. The Morgan fingerprint density at radius 3 is 2.75 bits per heavy atom. The summed E-state index contributed by atoms with van der Waals surface area (Å²) in [6, 6.07) is 0. The molecule has 0 saturated carbocycles. The Labute approximate surface area is 124 Å². The Kier molecular flexibility index (Phi) is 4.51. The lowest BCUT2D eigenvalue weighted by atomic mass is 10.1. The van der Waals surface area contributed by atoms with E-state index in [9.17, 15) is 9.59 Å². The van der Waals surface area contributed by atoms with E-state index in [-0.39, 0.29) is 5.91 Å². The maximum atomic E-state index is 12.0. The third kappa shape index (κ3) is 2.88. The summed E-state index contributed by atoms with van der Waals surface area (Å²) in [6.45, 7) is 5.80. The lowest BCUT2D eigenvalue weighted by Crippen LogP contribution is -2.15. The largest absolute Gasteiger partial charge is 0.462 e. The molecule has 0 aliphatic rings. The molecule has 1 N–H and O–H groups in total. The van der Waals surface area contributed by atoms with E-state index in [0.717, 1.165) is 10.4 Å². The molecule has 0 atom stereocenters. The van der Waals surface area contributed by atoms with Gasteiger partial charge in [0.15, 0.2) is 0 Å². The first kappa shape index (κ1) is 14.7. The van der Waals surface area contributed by atoms with Gasteiger partial charge in [-0.15, -0.1) is 22.7 Å². The molecule has 7 heteroatoms. The number of ether oxygens (including phenoxy) is 1. The number of anilines is 1. The van der Waals surface area contributed by atoms with Crippen molar-refractivity contribution in [3.8, 4) is 0 Å². The van der Waals surface area contributed by atoms with Gasteiger partial charge in [-0.2, -0.15) is 0 Å². The first-order valence-corrected chi connectivity index (χ1v) is 7.77. The van der Waals surface area contributed by atoms with Gasteiger partial charge >= 0.3 is 5.97 Å². The molecule has 0 spiro atoms. The third-order valence-electron chi connectivity index (χ3n) is 2.76. The van der Waals surface area contributed by atoms with Crippen molar-refractivity contribution in [3.05, 3.63) is 32.6 Å². The summed E-state index contributed by atoms with van der Waals surface area (Å²) in [7, 11) is 0. The van der Waals surface area contributed by atoms with Crippen LogP contribution in [0.2, 0.25) is 0 Å². The number of amides is 1. The van der Waals surface area contributed by atoms with Crippen LogP contribution in [0.15, 0.2) is 10.9 Å². The summed E-state index contributed by atoms with van der Waals surface area (Å²) < 4.78 is 5.04. The van der Waals surface area contributed by atoms with Crippen molar-refractivity contribution in [2.24, 2.45) is 0 Å². The fourth-order valence-electron chi connectivity index (χ4n) is 1.66. The maximum Gasteiger partial charge on any atom is 0.341 e. The molecule has 0 aromatic carbocycles. The molecule has 0 aliphatic heterocycles. The van der Waals surface area contributed by atoms with Crippen LogP contribution < -0.4 is 5.32 Å². The zero-order chi connectivity index (χ0) is 14.7. The number of carbonyl (C=O) groups is 2. The summed E-state index contributed by atoms with van der Waals surface area (Å²) in [5.74, 6) is -0.735. The minimum atomic E-state index is -0.414. The van der Waals surface area contributed by atoms with Crippen LogP contribution in [0.25, 0.3) is 0 Å². The molecule has 2 aromatic rings.